The number of hydrogen-bond donors (Lipinski definition) is 2. The van der Waals surface area contributed by atoms with Crippen LogP contribution in [0.1, 0.15) is 71.1 Å². The number of nitrogens with one attached hydrogen (secondary N) is 1. The third-order valence-corrected chi connectivity index (χ3v) is 8.64. The topological polar surface area (TPSA) is 95.9 Å². The number of aliphatic carboxylic acids is 1. The van der Waals surface area contributed by atoms with Gasteiger partial charge in [0.25, 0.3) is 0 Å². The van der Waals surface area contributed by atoms with Gasteiger partial charge in [0.1, 0.15) is 5.75 Å². The van der Waals surface area contributed by atoms with Crippen LogP contribution in [0.3, 0.4) is 0 Å². The summed E-state index contributed by atoms with van der Waals surface area (Å²) >= 11 is 0. The van der Waals surface area contributed by atoms with Gasteiger partial charge in [0.05, 0.1) is 4.90 Å². The Bertz CT molecular complexity index is 1140. The van der Waals surface area contributed by atoms with E-state index in [2.05, 4.69) is 17.0 Å². The summed E-state index contributed by atoms with van der Waals surface area (Å²) in [5.41, 5.74) is -1.50. The van der Waals surface area contributed by atoms with E-state index in [0.717, 1.165) is 23.0 Å². The van der Waals surface area contributed by atoms with E-state index < -0.39 is 28.0 Å². The first kappa shape index (κ1) is 34.3. The molecule has 0 aliphatic carbocycles. The van der Waals surface area contributed by atoms with Crippen molar-refractivity contribution in [3.8, 4) is 5.75 Å². The van der Waals surface area contributed by atoms with E-state index in [1.807, 2.05) is 0 Å². The number of ether oxygens (including phenoxy) is 1. The number of carboxylic acids is 1. The Hall–Kier alpha value is -2.86. The molecule has 2 aromatic rings. The lowest BCUT2D eigenvalue weighted by atomic mass is 9.95. The molecule has 1 saturated heterocycles. The maximum absolute atomic E-state index is 13.8. The van der Waals surface area contributed by atoms with Crippen LogP contribution in [0.15, 0.2) is 59.5 Å². The van der Waals surface area contributed by atoms with E-state index in [1.54, 1.807) is 30.3 Å². The van der Waals surface area contributed by atoms with Crippen molar-refractivity contribution in [2.24, 2.45) is 0 Å². The second-order valence-corrected chi connectivity index (χ2v) is 11.9. The minimum Gasteiger partial charge on any atom is -0.479 e. The average Bonchev–Trinajstić information content (AvgIpc) is 2.93. The number of piperidine rings is 1. The van der Waals surface area contributed by atoms with Gasteiger partial charge in [-0.15, -0.1) is 13.2 Å². The van der Waals surface area contributed by atoms with E-state index in [0.29, 0.717) is 0 Å². The van der Waals surface area contributed by atoms with Gasteiger partial charge in [0, 0.05) is 38.2 Å². The first-order valence-corrected chi connectivity index (χ1v) is 15.4. The molecular formula is C29H40F4N2O5S. The second-order valence-electron chi connectivity index (χ2n) is 9.96. The summed E-state index contributed by atoms with van der Waals surface area (Å²) in [6.07, 6.45) is 4.79. The highest BCUT2D eigenvalue weighted by atomic mass is 32.2. The Kier molecular flexibility index (Phi) is 13.9. The number of benzene rings is 2. The third-order valence-electron chi connectivity index (χ3n) is 6.73. The smallest absolute Gasteiger partial charge is 0.479 e. The number of nitrogens with zero attached hydrogens (tertiary/aromatic N) is 1. The van der Waals surface area contributed by atoms with Crippen molar-refractivity contribution in [1.29, 1.82) is 0 Å². The molecule has 230 valence electrons. The molecule has 3 rings (SSSR count). The normalized spacial score (nSPS) is 15.4. The van der Waals surface area contributed by atoms with Gasteiger partial charge in [0.2, 0.25) is 15.7 Å². The van der Waals surface area contributed by atoms with E-state index >= 15 is 0 Å². The fraction of sp³-hybridized carbons (Fsp3) is 0.552. The van der Waals surface area contributed by atoms with Crippen molar-refractivity contribution < 1.29 is 40.6 Å². The van der Waals surface area contributed by atoms with Crippen LogP contribution in [-0.2, 0) is 14.8 Å². The standard InChI is InChI=1S/C17H26F3NO.C12H14FNO4S/c1-2-3-4-5-6-7-8-9-14-21-15-10-12-16(13-11-15)22-17(18,19)20;13-12(11(15)16)6-8-14(9-7-12)19(17,18)10-4-2-1-3-5-10/h10-13,21H,2-9,14H2,1H3;1-5H,6-9H2,(H,15,16). The number of anilines is 1. The molecule has 0 amide bonds. The predicted octanol–water partition coefficient (Wildman–Crippen LogP) is 7.40. The van der Waals surface area contributed by atoms with Gasteiger partial charge in [-0.1, -0.05) is 70.1 Å². The number of carboxylic acid groups (broad SMARTS) is 1. The number of alkyl halides is 4. The maximum Gasteiger partial charge on any atom is 0.573 e. The highest BCUT2D eigenvalue weighted by molar-refractivity contribution is 7.89. The van der Waals surface area contributed by atoms with Crippen LogP contribution < -0.4 is 10.1 Å². The molecule has 2 N–H and O–H groups in total. The Labute approximate surface area is 239 Å². The zero-order chi connectivity index (χ0) is 30.4. The lowest BCUT2D eigenvalue weighted by Crippen LogP contribution is -2.48. The van der Waals surface area contributed by atoms with Gasteiger partial charge in [-0.2, -0.15) is 4.31 Å². The van der Waals surface area contributed by atoms with Crippen LogP contribution >= 0.6 is 0 Å². The number of sulfonamides is 1. The van der Waals surface area contributed by atoms with Gasteiger partial charge in [-0.25, -0.2) is 17.6 Å². The van der Waals surface area contributed by atoms with Crippen LogP contribution in [0.2, 0.25) is 0 Å². The minimum atomic E-state index is -4.63. The molecule has 0 atom stereocenters. The summed E-state index contributed by atoms with van der Waals surface area (Å²) in [5, 5.41) is 12.0. The van der Waals surface area contributed by atoms with Crippen molar-refractivity contribution in [3.05, 3.63) is 54.6 Å². The Balaban J connectivity index is 0.000000289. The number of rotatable bonds is 14. The Morgan fingerprint density at radius 1 is 0.927 bits per heavy atom. The Morgan fingerprint density at radius 2 is 1.46 bits per heavy atom. The van der Waals surface area contributed by atoms with Gasteiger partial charge < -0.3 is 15.2 Å². The zero-order valence-electron chi connectivity index (χ0n) is 23.3. The lowest BCUT2D eigenvalue weighted by molar-refractivity contribution is -0.274. The molecule has 0 bridgehead atoms. The number of hydrogen-bond acceptors (Lipinski definition) is 5. The third kappa shape index (κ3) is 12.3. The average molecular weight is 605 g/mol. The summed E-state index contributed by atoms with van der Waals surface area (Å²) in [6.45, 7) is 2.81. The SMILES string of the molecule is CCCCCCCCCCNc1ccc(OC(F)(F)F)cc1.O=C(O)C1(F)CCN(S(=O)(=O)c2ccccc2)CC1. The minimum absolute atomic E-state index is 0.125. The maximum atomic E-state index is 13.8. The van der Waals surface area contributed by atoms with Crippen molar-refractivity contribution >= 4 is 21.7 Å². The van der Waals surface area contributed by atoms with Crippen LogP contribution in [0.5, 0.6) is 5.75 Å². The molecule has 0 radical (unpaired) electrons. The van der Waals surface area contributed by atoms with Crippen molar-refractivity contribution in [3.63, 3.8) is 0 Å². The first-order chi connectivity index (χ1) is 19.4. The van der Waals surface area contributed by atoms with Crippen LogP contribution in [0.25, 0.3) is 0 Å². The zero-order valence-corrected chi connectivity index (χ0v) is 24.2. The second kappa shape index (κ2) is 16.5. The van der Waals surface area contributed by atoms with E-state index in [1.165, 1.54) is 69.2 Å². The molecule has 41 heavy (non-hydrogen) atoms. The summed E-state index contributed by atoms with van der Waals surface area (Å²) < 4.78 is 79.3. The molecule has 1 heterocycles. The predicted molar refractivity (Wildman–Crippen MR) is 150 cm³/mol. The molecule has 2 aromatic carbocycles. The molecular weight excluding hydrogens is 564 g/mol. The van der Waals surface area contributed by atoms with Crippen LogP contribution in [-0.4, -0.2) is 55.5 Å². The molecule has 1 aliphatic heterocycles. The molecule has 0 aromatic heterocycles. The monoisotopic (exact) mass is 604 g/mol. The summed E-state index contributed by atoms with van der Waals surface area (Å²) in [5.74, 6) is -1.71. The van der Waals surface area contributed by atoms with Crippen molar-refractivity contribution in [1.82, 2.24) is 4.31 Å². The molecule has 0 unspecified atom stereocenters. The molecule has 1 fully saturated rings. The van der Waals surface area contributed by atoms with Crippen molar-refractivity contribution in [2.75, 3.05) is 25.0 Å². The van der Waals surface area contributed by atoms with Gasteiger partial charge in [0.15, 0.2) is 0 Å². The van der Waals surface area contributed by atoms with Gasteiger partial charge in [-0.05, 0) is 42.8 Å². The number of unbranched alkanes of at least 4 members (excludes halogenated alkanes) is 7. The first-order valence-electron chi connectivity index (χ1n) is 13.9. The molecule has 1 aliphatic rings. The Morgan fingerprint density at radius 3 is 1.98 bits per heavy atom. The summed E-state index contributed by atoms with van der Waals surface area (Å²) in [6, 6.07) is 13.7. The lowest BCUT2D eigenvalue weighted by Gasteiger charge is -2.32. The molecule has 7 nitrogen and oxygen atoms in total. The van der Waals surface area contributed by atoms with Crippen LogP contribution in [0.4, 0.5) is 23.2 Å². The summed E-state index contributed by atoms with van der Waals surface area (Å²) in [7, 11) is -3.66. The molecule has 0 saturated carbocycles. The highest BCUT2D eigenvalue weighted by Crippen LogP contribution is 2.30. The highest BCUT2D eigenvalue weighted by Gasteiger charge is 2.44. The van der Waals surface area contributed by atoms with Gasteiger partial charge >= 0.3 is 12.3 Å². The quantitative estimate of drug-likeness (QED) is 0.172. The van der Waals surface area contributed by atoms with E-state index in [9.17, 15) is 30.8 Å². The fourth-order valence-corrected chi connectivity index (χ4v) is 5.76. The molecule has 0 spiro atoms. The van der Waals surface area contributed by atoms with E-state index in [4.69, 9.17) is 5.11 Å². The van der Waals surface area contributed by atoms with Crippen LogP contribution in [0, 0.1) is 0 Å². The van der Waals surface area contributed by atoms with Gasteiger partial charge in [-0.3, -0.25) is 0 Å². The number of halogens is 4. The fourth-order valence-electron chi connectivity index (χ4n) is 4.30. The summed E-state index contributed by atoms with van der Waals surface area (Å²) in [4.78, 5) is 10.9. The number of carbonyl (C=O) groups is 1. The van der Waals surface area contributed by atoms with E-state index in [-0.39, 0.29) is 36.6 Å². The molecule has 12 heteroatoms. The van der Waals surface area contributed by atoms with Crippen molar-refractivity contribution in [2.45, 2.75) is 88.1 Å². The largest absolute Gasteiger partial charge is 0.573 e.